The van der Waals surface area contributed by atoms with Crippen molar-refractivity contribution in [2.24, 2.45) is 5.92 Å². The maximum absolute atomic E-state index is 14.9. The van der Waals surface area contributed by atoms with Gasteiger partial charge in [-0.1, -0.05) is 36.5 Å². The number of pyridine rings is 1. The topological polar surface area (TPSA) is 81.4 Å². The lowest BCUT2D eigenvalue weighted by Gasteiger charge is -2.22. The molecule has 232 valence electrons. The van der Waals surface area contributed by atoms with E-state index in [1.54, 1.807) is 18.2 Å². The third-order valence-corrected chi connectivity index (χ3v) is 9.25. The minimum atomic E-state index is -1.43. The number of aryl methyl sites for hydroxylation is 1. The molecule has 3 aromatic heterocycles. The second kappa shape index (κ2) is 13.0. The summed E-state index contributed by atoms with van der Waals surface area (Å²) >= 11 is 0. The third kappa shape index (κ3) is 7.20. The standard InChI is InChI=1S/C37H41FN6S/c1-6-7-32(29-15-27(17-31(38)18-29)22-41-45(3,4)5)33-20-36(42-24(33)2)37-34-19-28(8-9-35(34)43-44-37)30-16-26(21-40-23-30)14-25-10-12-39-13-11-25/h6-9,15-21,23,25,39,41-42H,1,3-4,10-14,22H2,2,5H3,(H,43,44)/b32-7-. The fraction of sp³-hybridized carbons (Fsp3) is 0.243. The average molecular weight is 621 g/mol. The highest BCUT2D eigenvalue weighted by Gasteiger charge is 2.18. The highest BCUT2D eigenvalue weighted by molar-refractivity contribution is 8.25. The Labute approximate surface area is 265 Å². The van der Waals surface area contributed by atoms with Crippen LogP contribution in [0, 0.1) is 18.7 Å². The fourth-order valence-corrected chi connectivity index (χ4v) is 6.68. The summed E-state index contributed by atoms with van der Waals surface area (Å²) in [6.45, 7) is 8.64. The van der Waals surface area contributed by atoms with Gasteiger partial charge in [0.1, 0.15) is 11.5 Å². The molecule has 0 saturated carbocycles. The van der Waals surface area contributed by atoms with Crippen LogP contribution in [0.15, 0.2) is 79.7 Å². The molecule has 0 amide bonds. The molecular weight excluding hydrogens is 580 g/mol. The van der Waals surface area contributed by atoms with E-state index in [0.29, 0.717) is 12.5 Å². The Balaban J connectivity index is 1.33. The summed E-state index contributed by atoms with van der Waals surface area (Å²) in [5, 5.41) is 12.4. The molecule has 0 unspecified atom stereocenters. The minimum absolute atomic E-state index is 0.294. The second-order valence-corrected chi connectivity index (χ2v) is 15.1. The first kappa shape index (κ1) is 30.8. The first-order valence-corrected chi connectivity index (χ1v) is 17.7. The van der Waals surface area contributed by atoms with E-state index in [4.69, 9.17) is 5.10 Å². The number of nitrogens with one attached hydrogen (secondary N) is 4. The van der Waals surface area contributed by atoms with Crippen molar-refractivity contribution in [1.29, 1.82) is 0 Å². The van der Waals surface area contributed by atoms with Crippen molar-refractivity contribution >= 4 is 37.6 Å². The molecular formula is C37H41FN6S. The molecule has 0 bridgehead atoms. The molecule has 6 nitrogen and oxygen atoms in total. The molecule has 0 spiro atoms. The number of hydrogen-bond donors (Lipinski definition) is 4. The summed E-state index contributed by atoms with van der Waals surface area (Å²) in [5.74, 6) is 8.56. The maximum atomic E-state index is 14.9. The number of benzene rings is 2. The molecule has 45 heavy (non-hydrogen) atoms. The van der Waals surface area contributed by atoms with E-state index in [1.165, 1.54) is 18.4 Å². The number of fused-ring (bicyclic) bond motifs is 1. The molecule has 0 radical (unpaired) electrons. The van der Waals surface area contributed by atoms with E-state index in [0.717, 1.165) is 80.9 Å². The van der Waals surface area contributed by atoms with Gasteiger partial charge in [-0.05, 0) is 122 Å². The van der Waals surface area contributed by atoms with Gasteiger partial charge < -0.3 is 10.3 Å². The predicted molar refractivity (Wildman–Crippen MR) is 191 cm³/mol. The summed E-state index contributed by atoms with van der Waals surface area (Å²) in [6.07, 6.45) is 13.0. The van der Waals surface area contributed by atoms with E-state index in [2.05, 4.69) is 73.8 Å². The number of rotatable bonds is 10. The van der Waals surface area contributed by atoms with E-state index in [-0.39, 0.29) is 5.82 Å². The van der Waals surface area contributed by atoms with Crippen LogP contribution in [0.5, 0.6) is 0 Å². The second-order valence-electron chi connectivity index (χ2n) is 12.3. The van der Waals surface area contributed by atoms with E-state index in [1.807, 2.05) is 37.7 Å². The molecule has 1 aliphatic rings. The van der Waals surface area contributed by atoms with Crippen LogP contribution in [0.2, 0.25) is 0 Å². The summed E-state index contributed by atoms with van der Waals surface area (Å²) in [6, 6.07) is 15.9. The Kier molecular flexibility index (Phi) is 8.90. The van der Waals surface area contributed by atoms with Gasteiger partial charge in [0.05, 0.1) is 11.2 Å². The van der Waals surface area contributed by atoms with Crippen LogP contribution in [0.4, 0.5) is 4.39 Å². The summed E-state index contributed by atoms with van der Waals surface area (Å²) < 4.78 is 18.2. The van der Waals surface area contributed by atoms with Gasteiger partial charge in [0.2, 0.25) is 0 Å². The van der Waals surface area contributed by atoms with Crippen LogP contribution in [-0.2, 0) is 13.0 Å². The van der Waals surface area contributed by atoms with Crippen molar-refractivity contribution in [3.63, 3.8) is 0 Å². The molecule has 5 aromatic rings. The highest BCUT2D eigenvalue weighted by Crippen LogP contribution is 2.35. The molecule has 0 aliphatic carbocycles. The van der Waals surface area contributed by atoms with E-state index in [9.17, 15) is 4.39 Å². The molecule has 2 aromatic carbocycles. The van der Waals surface area contributed by atoms with Crippen LogP contribution in [0.1, 0.15) is 40.8 Å². The van der Waals surface area contributed by atoms with Gasteiger partial charge in [0, 0.05) is 41.1 Å². The summed E-state index contributed by atoms with van der Waals surface area (Å²) in [5.41, 5.74) is 10.5. The van der Waals surface area contributed by atoms with Gasteiger partial charge in [0.25, 0.3) is 0 Å². The van der Waals surface area contributed by atoms with Crippen molar-refractivity contribution in [2.75, 3.05) is 19.3 Å². The quantitative estimate of drug-likeness (QED) is 0.0961. The van der Waals surface area contributed by atoms with Gasteiger partial charge in [-0.2, -0.15) is 14.5 Å². The Morgan fingerprint density at radius 3 is 2.64 bits per heavy atom. The van der Waals surface area contributed by atoms with Crippen molar-refractivity contribution < 1.29 is 4.39 Å². The lowest BCUT2D eigenvalue weighted by Crippen LogP contribution is -2.28. The normalized spacial score (nSPS) is 14.7. The van der Waals surface area contributed by atoms with Crippen LogP contribution >= 0.6 is 9.39 Å². The number of aromatic nitrogens is 4. The predicted octanol–water partition coefficient (Wildman–Crippen LogP) is 7.53. The molecule has 1 aliphatic heterocycles. The SMILES string of the molecule is C=C/C=C(/c1cc(F)cc(CNS(=C)(=C)C)c1)c1cc(-c2n[nH]c3ccc(-c4cncc(CC5CCNCC5)c4)cc23)[nH]c1C. The molecule has 1 saturated heterocycles. The molecule has 0 atom stereocenters. The number of allylic oxidation sites excluding steroid dienone is 2. The Hall–Kier alpha value is -4.24. The van der Waals surface area contributed by atoms with Gasteiger partial charge in [-0.25, -0.2) is 4.39 Å². The zero-order valence-corrected chi connectivity index (χ0v) is 26.9. The first-order valence-electron chi connectivity index (χ1n) is 15.3. The zero-order chi connectivity index (χ0) is 31.6. The molecule has 4 heterocycles. The van der Waals surface area contributed by atoms with E-state index < -0.39 is 9.39 Å². The Bertz CT molecular complexity index is 1990. The largest absolute Gasteiger partial charge is 0.357 e. The fourth-order valence-electron chi connectivity index (χ4n) is 6.17. The number of H-pyrrole nitrogens is 2. The third-order valence-electron chi connectivity index (χ3n) is 8.41. The average Bonchev–Trinajstić information content (AvgIpc) is 3.61. The summed E-state index contributed by atoms with van der Waals surface area (Å²) in [7, 11) is -1.43. The van der Waals surface area contributed by atoms with Gasteiger partial charge in [-0.3, -0.25) is 14.8 Å². The van der Waals surface area contributed by atoms with Gasteiger partial charge in [0.15, 0.2) is 0 Å². The van der Waals surface area contributed by atoms with Crippen molar-refractivity contribution in [3.05, 3.63) is 113 Å². The number of hydrogen-bond acceptors (Lipinski definition) is 4. The lowest BCUT2D eigenvalue weighted by molar-refractivity contribution is 0.372. The van der Waals surface area contributed by atoms with Gasteiger partial charge >= 0.3 is 0 Å². The maximum Gasteiger partial charge on any atom is 0.124 e. The van der Waals surface area contributed by atoms with Crippen molar-refractivity contribution in [2.45, 2.75) is 32.7 Å². The van der Waals surface area contributed by atoms with Crippen LogP contribution < -0.4 is 10.0 Å². The zero-order valence-electron chi connectivity index (χ0n) is 26.1. The lowest BCUT2D eigenvalue weighted by atomic mass is 9.91. The smallest absolute Gasteiger partial charge is 0.124 e. The molecule has 6 rings (SSSR count). The van der Waals surface area contributed by atoms with Crippen molar-refractivity contribution in [1.82, 2.24) is 30.2 Å². The Morgan fingerprint density at radius 2 is 1.87 bits per heavy atom. The van der Waals surface area contributed by atoms with Crippen LogP contribution in [-0.4, -0.2) is 51.3 Å². The first-order chi connectivity index (χ1) is 21.7. The van der Waals surface area contributed by atoms with E-state index >= 15 is 0 Å². The molecule has 8 heteroatoms. The van der Waals surface area contributed by atoms with Crippen LogP contribution in [0.3, 0.4) is 0 Å². The number of aromatic amines is 2. The van der Waals surface area contributed by atoms with Crippen LogP contribution in [0.25, 0.3) is 39.0 Å². The molecule has 1 fully saturated rings. The number of nitrogens with zero attached hydrogens (tertiary/aromatic N) is 2. The molecule has 4 N–H and O–H groups in total. The summed E-state index contributed by atoms with van der Waals surface area (Å²) in [4.78, 5) is 8.14. The minimum Gasteiger partial charge on any atom is -0.357 e. The number of halogens is 1. The van der Waals surface area contributed by atoms with Crippen molar-refractivity contribution in [3.8, 4) is 22.5 Å². The number of piperidine rings is 1. The highest BCUT2D eigenvalue weighted by atomic mass is 32.2. The monoisotopic (exact) mass is 620 g/mol. The van der Waals surface area contributed by atoms with Gasteiger partial charge in [-0.15, -0.1) is 0 Å². The Morgan fingerprint density at radius 1 is 1.04 bits per heavy atom.